The quantitative estimate of drug-likeness (QED) is 0.600. The van der Waals surface area contributed by atoms with Crippen LogP contribution in [-0.4, -0.2) is 31.2 Å². The zero-order valence-corrected chi connectivity index (χ0v) is 16.1. The number of nitrogens with two attached hydrogens (primary N) is 1. The maximum atomic E-state index is 12.5. The van der Waals surface area contributed by atoms with Gasteiger partial charge < -0.3 is 10.1 Å². The highest BCUT2D eigenvalue weighted by Gasteiger charge is 2.29. The molecule has 29 heavy (non-hydrogen) atoms. The van der Waals surface area contributed by atoms with Crippen LogP contribution in [0.2, 0.25) is 5.02 Å². The average Bonchev–Trinajstić information content (AvgIpc) is 2.63. The summed E-state index contributed by atoms with van der Waals surface area (Å²) in [6.07, 6.45) is -3.25. The monoisotopic (exact) mass is 446 g/mol. The first kappa shape index (κ1) is 21.1. The molecule has 0 saturated carbocycles. The van der Waals surface area contributed by atoms with Crippen molar-refractivity contribution in [3.05, 3.63) is 53.3 Å². The number of hydrogen-bond acceptors (Lipinski definition) is 6. The summed E-state index contributed by atoms with van der Waals surface area (Å²) in [5, 5.41) is 9.08. The van der Waals surface area contributed by atoms with Gasteiger partial charge in [-0.05, 0) is 36.4 Å². The first-order valence-electron chi connectivity index (χ1n) is 8.02. The summed E-state index contributed by atoms with van der Waals surface area (Å²) in [6, 6.07) is 8.30. The standard InChI is InChI=1S/C17H14ClF3N4O3S/c18-11-1-3-14-13(6-11)16(25-9-24-14)23-7-10-5-12(29(22,26)27)2-4-15(10)28-8-17(19,20)21/h1-6,9H,7-8H2,(H2,22,26,27)(H,23,24,25). The first-order chi connectivity index (χ1) is 13.5. The number of halogens is 4. The lowest BCUT2D eigenvalue weighted by molar-refractivity contribution is -0.153. The number of alkyl halides is 3. The van der Waals surface area contributed by atoms with E-state index < -0.39 is 22.8 Å². The fourth-order valence-electron chi connectivity index (χ4n) is 2.52. The van der Waals surface area contributed by atoms with Gasteiger partial charge >= 0.3 is 6.18 Å². The molecule has 154 valence electrons. The van der Waals surface area contributed by atoms with E-state index in [-0.39, 0.29) is 22.8 Å². The van der Waals surface area contributed by atoms with Crippen molar-refractivity contribution in [1.82, 2.24) is 9.97 Å². The molecular formula is C17H14ClF3N4O3S. The van der Waals surface area contributed by atoms with Crippen molar-refractivity contribution >= 4 is 38.3 Å². The summed E-state index contributed by atoms with van der Waals surface area (Å²) in [4.78, 5) is 7.95. The van der Waals surface area contributed by atoms with Crippen molar-refractivity contribution in [2.45, 2.75) is 17.6 Å². The highest BCUT2D eigenvalue weighted by atomic mass is 35.5. The van der Waals surface area contributed by atoms with E-state index in [4.69, 9.17) is 21.5 Å². The SMILES string of the molecule is NS(=O)(=O)c1ccc(OCC(F)(F)F)c(CNc2ncnc3ccc(Cl)cc23)c1. The maximum Gasteiger partial charge on any atom is 0.422 e. The number of anilines is 1. The zero-order valence-electron chi connectivity index (χ0n) is 14.6. The van der Waals surface area contributed by atoms with Crippen molar-refractivity contribution in [3.63, 3.8) is 0 Å². The number of nitrogens with zero attached hydrogens (tertiary/aromatic N) is 2. The van der Waals surface area contributed by atoms with E-state index in [1.54, 1.807) is 18.2 Å². The molecule has 3 N–H and O–H groups in total. The van der Waals surface area contributed by atoms with Gasteiger partial charge in [-0.1, -0.05) is 11.6 Å². The Labute approximate surface area is 168 Å². The van der Waals surface area contributed by atoms with E-state index in [1.807, 2.05) is 0 Å². The van der Waals surface area contributed by atoms with Crippen molar-refractivity contribution in [3.8, 4) is 5.75 Å². The predicted molar refractivity (Wildman–Crippen MR) is 101 cm³/mol. The Hall–Kier alpha value is -2.63. The molecule has 12 heteroatoms. The van der Waals surface area contributed by atoms with Crippen molar-refractivity contribution in [2.24, 2.45) is 5.14 Å². The predicted octanol–water partition coefficient (Wildman–Crippen LogP) is 3.48. The molecule has 0 aliphatic heterocycles. The van der Waals surface area contributed by atoms with Crippen LogP contribution in [0, 0.1) is 0 Å². The number of nitrogens with one attached hydrogen (secondary N) is 1. The molecule has 0 unspecified atom stereocenters. The van der Waals surface area contributed by atoms with E-state index in [2.05, 4.69) is 15.3 Å². The van der Waals surface area contributed by atoms with Crippen LogP contribution in [0.25, 0.3) is 10.9 Å². The van der Waals surface area contributed by atoms with Gasteiger partial charge in [-0.3, -0.25) is 0 Å². The molecule has 0 radical (unpaired) electrons. The largest absolute Gasteiger partial charge is 0.484 e. The van der Waals surface area contributed by atoms with Crippen LogP contribution >= 0.6 is 11.6 Å². The molecule has 0 aliphatic rings. The highest BCUT2D eigenvalue weighted by molar-refractivity contribution is 7.89. The number of aromatic nitrogens is 2. The lowest BCUT2D eigenvalue weighted by atomic mass is 10.2. The van der Waals surface area contributed by atoms with Gasteiger partial charge in [0.15, 0.2) is 6.61 Å². The molecule has 0 saturated heterocycles. The Bertz CT molecular complexity index is 1160. The van der Waals surface area contributed by atoms with Crippen molar-refractivity contribution in [2.75, 3.05) is 11.9 Å². The van der Waals surface area contributed by atoms with E-state index in [0.29, 0.717) is 21.7 Å². The lowest BCUT2D eigenvalue weighted by Gasteiger charge is -2.15. The number of hydrogen-bond donors (Lipinski definition) is 2. The minimum Gasteiger partial charge on any atom is -0.484 e. The van der Waals surface area contributed by atoms with Crippen LogP contribution in [0.5, 0.6) is 5.75 Å². The molecule has 0 aliphatic carbocycles. The average molecular weight is 447 g/mol. The van der Waals surface area contributed by atoms with Gasteiger partial charge in [-0.15, -0.1) is 0 Å². The summed E-state index contributed by atoms with van der Waals surface area (Å²) in [5.74, 6) is 0.221. The molecule has 1 heterocycles. The van der Waals surface area contributed by atoms with Gasteiger partial charge in [-0.25, -0.2) is 23.5 Å². The van der Waals surface area contributed by atoms with Crippen LogP contribution in [0.3, 0.4) is 0 Å². The topological polar surface area (TPSA) is 107 Å². The third kappa shape index (κ3) is 5.46. The Morgan fingerprint density at radius 2 is 1.90 bits per heavy atom. The maximum absolute atomic E-state index is 12.5. The van der Waals surface area contributed by atoms with Gasteiger partial charge in [0.1, 0.15) is 17.9 Å². The third-order valence-electron chi connectivity index (χ3n) is 3.80. The summed E-state index contributed by atoms with van der Waals surface area (Å²) in [5.41, 5.74) is 0.744. The van der Waals surface area contributed by atoms with Gasteiger partial charge in [0.25, 0.3) is 0 Å². The smallest absolute Gasteiger partial charge is 0.422 e. The van der Waals surface area contributed by atoms with Crippen LogP contribution in [0.1, 0.15) is 5.56 Å². The number of fused-ring (bicyclic) bond motifs is 1. The van der Waals surface area contributed by atoms with E-state index in [9.17, 15) is 21.6 Å². The van der Waals surface area contributed by atoms with Crippen molar-refractivity contribution in [1.29, 1.82) is 0 Å². The number of primary sulfonamides is 1. The molecule has 3 aromatic rings. The second kappa shape index (κ2) is 8.01. The molecule has 0 fully saturated rings. The van der Waals surface area contributed by atoms with Gasteiger partial charge in [0, 0.05) is 22.5 Å². The second-order valence-corrected chi connectivity index (χ2v) is 7.95. The summed E-state index contributed by atoms with van der Waals surface area (Å²) in [7, 11) is -4.06. The fourth-order valence-corrected chi connectivity index (χ4v) is 3.26. The van der Waals surface area contributed by atoms with Crippen molar-refractivity contribution < 1.29 is 26.3 Å². The molecule has 2 aromatic carbocycles. The normalized spacial score (nSPS) is 12.2. The Kier molecular flexibility index (Phi) is 5.82. The third-order valence-corrected chi connectivity index (χ3v) is 4.94. The zero-order chi connectivity index (χ0) is 21.2. The number of ether oxygens (including phenoxy) is 1. The first-order valence-corrected chi connectivity index (χ1v) is 9.95. The fraction of sp³-hybridized carbons (Fsp3) is 0.176. The molecule has 1 aromatic heterocycles. The van der Waals surface area contributed by atoms with Gasteiger partial charge in [0.05, 0.1) is 10.4 Å². The molecule has 0 bridgehead atoms. The Morgan fingerprint density at radius 1 is 1.14 bits per heavy atom. The number of rotatable bonds is 6. The number of benzene rings is 2. The van der Waals surface area contributed by atoms with Gasteiger partial charge in [0.2, 0.25) is 10.0 Å². The molecule has 0 spiro atoms. The van der Waals surface area contributed by atoms with E-state index in [0.717, 1.165) is 18.2 Å². The molecule has 0 amide bonds. The van der Waals surface area contributed by atoms with Gasteiger partial charge in [-0.2, -0.15) is 13.2 Å². The second-order valence-electron chi connectivity index (χ2n) is 5.96. The van der Waals surface area contributed by atoms with Crippen LogP contribution in [-0.2, 0) is 16.6 Å². The van der Waals surface area contributed by atoms with Crippen LogP contribution in [0.4, 0.5) is 19.0 Å². The minimum absolute atomic E-state index is 0.0881. The lowest BCUT2D eigenvalue weighted by Crippen LogP contribution is -2.20. The Morgan fingerprint density at radius 3 is 2.59 bits per heavy atom. The highest BCUT2D eigenvalue weighted by Crippen LogP contribution is 2.27. The summed E-state index contributed by atoms with van der Waals surface area (Å²) < 4.78 is 65.6. The molecule has 7 nitrogen and oxygen atoms in total. The minimum atomic E-state index is -4.55. The summed E-state index contributed by atoms with van der Waals surface area (Å²) in [6.45, 7) is -1.62. The number of sulfonamides is 1. The molecule has 0 atom stereocenters. The Balaban J connectivity index is 1.93. The molecular weight excluding hydrogens is 433 g/mol. The van der Waals surface area contributed by atoms with E-state index in [1.165, 1.54) is 6.33 Å². The van der Waals surface area contributed by atoms with Crippen LogP contribution < -0.4 is 15.2 Å². The summed E-state index contributed by atoms with van der Waals surface area (Å²) >= 11 is 6.00. The van der Waals surface area contributed by atoms with Crippen LogP contribution in [0.15, 0.2) is 47.6 Å². The molecule has 3 rings (SSSR count). The van der Waals surface area contributed by atoms with E-state index >= 15 is 0 Å².